The smallest absolute Gasteiger partial charge is 0.123 e. The number of thiazole rings is 1. The maximum atomic E-state index is 5.83. The highest BCUT2D eigenvalue weighted by Gasteiger charge is 2.11. The summed E-state index contributed by atoms with van der Waals surface area (Å²) in [5.74, 6) is 0.476. The van der Waals surface area contributed by atoms with Crippen LogP contribution in [-0.2, 0) is 17.2 Å². The van der Waals surface area contributed by atoms with E-state index in [1.165, 1.54) is 11.1 Å². The van der Waals surface area contributed by atoms with E-state index in [1.807, 2.05) is 5.38 Å². The Morgan fingerprint density at radius 1 is 1.29 bits per heavy atom. The number of hydrogen-bond acceptors (Lipinski definition) is 4. The Morgan fingerprint density at radius 2 is 2.24 bits per heavy atom. The Hall–Kier alpha value is -0.940. The second-order valence-corrected chi connectivity index (χ2v) is 6.35. The normalized spacial score (nSPS) is 16.8. The highest BCUT2D eigenvalue weighted by molar-refractivity contribution is 7.13. The minimum absolute atomic E-state index is 0.476. The summed E-state index contributed by atoms with van der Waals surface area (Å²) < 4.78 is 5.51. The molecule has 0 unspecified atom stereocenters. The fourth-order valence-corrected chi connectivity index (χ4v) is 3.56. The van der Waals surface area contributed by atoms with Gasteiger partial charge >= 0.3 is 0 Å². The Bertz CT molecular complexity index is 579. The molecule has 1 aliphatic rings. The molecule has 2 aromatic rings. The van der Waals surface area contributed by atoms with E-state index in [2.05, 4.69) is 34.1 Å². The van der Waals surface area contributed by atoms with Crippen LogP contribution in [-0.4, -0.2) is 36.2 Å². The van der Waals surface area contributed by atoms with Crippen molar-refractivity contribution in [2.45, 2.75) is 18.8 Å². The van der Waals surface area contributed by atoms with Crippen LogP contribution in [0.15, 0.2) is 29.6 Å². The van der Waals surface area contributed by atoms with Crippen molar-refractivity contribution >= 4 is 22.9 Å². The fraction of sp³-hybridized carbons (Fsp3) is 0.438. The second-order valence-electron chi connectivity index (χ2n) is 5.22. The molecule has 2 heterocycles. The van der Waals surface area contributed by atoms with Crippen molar-refractivity contribution in [3.63, 3.8) is 0 Å². The van der Waals surface area contributed by atoms with Gasteiger partial charge in [0, 0.05) is 37.2 Å². The molecule has 0 spiro atoms. The van der Waals surface area contributed by atoms with Gasteiger partial charge in [0.05, 0.1) is 18.2 Å². The van der Waals surface area contributed by atoms with E-state index in [0.29, 0.717) is 5.88 Å². The van der Waals surface area contributed by atoms with E-state index in [0.717, 1.165) is 50.0 Å². The molecule has 112 valence electrons. The Balaban J connectivity index is 1.73. The van der Waals surface area contributed by atoms with Crippen LogP contribution in [0, 0.1) is 0 Å². The number of nitrogens with zero attached hydrogens (tertiary/aromatic N) is 2. The van der Waals surface area contributed by atoms with Crippen molar-refractivity contribution < 1.29 is 4.74 Å². The number of ether oxygens (including phenoxy) is 1. The summed E-state index contributed by atoms with van der Waals surface area (Å²) in [4.78, 5) is 7.01. The molecular weight excluding hydrogens is 304 g/mol. The lowest BCUT2D eigenvalue weighted by atomic mass is 10.1. The van der Waals surface area contributed by atoms with Gasteiger partial charge in [-0.2, -0.15) is 0 Å². The van der Waals surface area contributed by atoms with Crippen molar-refractivity contribution in [3.8, 4) is 10.6 Å². The maximum absolute atomic E-state index is 5.83. The number of hydrogen-bond donors (Lipinski definition) is 0. The first kappa shape index (κ1) is 15.0. The predicted molar refractivity (Wildman–Crippen MR) is 87.8 cm³/mol. The van der Waals surface area contributed by atoms with Crippen LogP contribution in [0.2, 0.25) is 0 Å². The summed E-state index contributed by atoms with van der Waals surface area (Å²) >= 11 is 7.49. The summed E-state index contributed by atoms with van der Waals surface area (Å²) in [5, 5.41) is 3.08. The third-order valence-electron chi connectivity index (χ3n) is 3.58. The molecule has 0 radical (unpaired) electrons. The summed E-state index contributed by atoms with van der Waals surface area (Å²) in [7, 11) is 0. The first-order valence-electron chi connectivity index (χ1n) is 7.25. The van der Waals surface area contributed by atoms with Gasteiger partial charge in [0.1, 0.15) is 5.01 Å². The van der Waals surface area contributed by atoms with E-state index < -0.39 is 0 Å². The molecule has 0 N–H and O–H groups in total. The van der Waals surface area contributed by atoms with Crippen molar-refractivity contribution in [3.05, 3.63) is 40.9 Å². The number of alkyl halides is 1. The maximum Gasteiger partial charge on any atom is 0.123 e. The van der Waals surface area contributed by atoms with Crippen LogP contribution < -0.4 is 0 Å². The van der Waals surface area contributed by atoms with E-state index in [9.17, 15) is 0 Å². The summed E-state index contributed by atoms with van der Waals surface area (Å²) in [5.41, 5.74) is 3.46. The zero-order valence-corrected chi connectivity index (χ0v) is 13.5. The van der Waals surface area contributed by atoms with Crippen molar-refractivity contribution in [2.24, 2.45) is 0 Å². The molecule has 0 atom stereocenters. The number of halogens is 1. The SMILES string of the molecule is ClCc1csc(-c2cccc(CN3CCCOCC3)c2)n1. The number of aromatic nitrogens is 1. The molecule has 0 amide bonds. The lowest BCUT2D eigenvalue weighted by Gasteiger charge is -2.19. The highest BCUT2D eigenvalue weighted by atomic mass is 35.5. The molecule has 21 heavy (non-hydrogen) atoms. The third kappa shape index (κ3) is 4.04. The molecule has 0 saturated carbocycles. The zero-order chi connectivity index (χ0) is 14.5. The minimum Gasteiger partial charge on any atom is -0.380 e. The van der Waals surface area contributed by atoms with Crippen LogP contribution >= 0.6 is 22.9 Å². The number of benzene rings is 1. The van der Waals surface area contributed by atoms with Gasteiger partial charge in [-0.1, -0.05) is 18.2 Å². The second kappa shape index (κ2) is 7.36. The van der Waals surface area contributed by atoms with Gasteiger partial charge < -0.3 is 4.74 Å². The van der Waals surface area contributed by atoms with E-state index >= 15 is 0 Å². The molecule has 1 saturated heterocycles. The van der Waals surface area contributed by atoms with Crippen molar-refractivity contribution in [1.82, 2.24) is 9.88 Å². The van der Waals surface area contributed by atoms with Gasteiger partial charge in [0.15, 0.2) is 0 Å². The van der Waals surface area contributed by atoms with Crippen LogP contribution in [0.25, 0.3) is 10.6 Å². The number of rotatable bonds is 4. The Morgan fingerprint density at radius 3 is 3.10 bits per heavy atom. The largest absolute Gasteiger partial charge is 0.380 e. The van der Waals surface area contributed by atoms with Gasteiger partial charge in [-0.05, 0) is 18.1 Å². The van der Waals surface area contributed by atoms with Crippen molar-refractivity contribution in [1.29, 1.82) is 0 Å². The van der Waals surface area contributed by atoms with Crippen LogP contribution in [0.1, 0.15) is 17.7 Å². The van der Waals surface area contributed by atoms with E-state index in [4.69, 9.17) is 16.3 Å². The van der Waals surface area contributed by atoms with Crippen LogP contribution in [0.5, 0.6) is 0 Å². The Kier molecular flexibility index (Phi) is 5.25. The average Bonchev–Trinajstić information content (AvgIpc) is 2.86. The summed E-state index contributed by atoms with van der Waals surface area (Å²) in [6, 6.07) is 8.65. The standard InChI is InChI=1S/C16H19ClN2OS/c17-10-15-12-21-16(18-15)14-4-1-3-13(9-14)11-19-5-2-7-20-8-6-19/h1,3-4,9,12H,2,5-8,10-11H2. The van der Waals surface area contributed by atoms with Crippen molar-refractivity contribution in [2.75, 3.05) is 26.3 Å². The molecule has 0 bridgehead atoms. The minimum atomic E-state index is 0.476. The molecule has 1 fully saturated rings. The Labute approximate surface area is 134 Å². The average molecular weight is 323 g/mol. The highest BCUT2D eigenvalue weighted by Crippen LogP contribution is 2.25. The van der Waals surface area contributed by atoms with E-state index in [1.54, 1.807) is 11.3 Å². The van der Waals surface area contributed by atoms with Crippen LogP contribution in [0.3, 0.4) is 0 Å². The predicted octanol–water partition coefficient (Wildman–Crippen LogP) is 3.77. The molecule has 3 rings (SSSR count). The molecule has 1 aromatic heterocycles. The van der Waals surface area contributed by atoms with Gasteiger partial charge in [-0.25, -0.2) is 4.98 Å². The summed E-state index contributed by atoms with van der Waals surface area (Å²) in [6.45, 7) is 4.82. The van der Waals surface area contributed by atoms with Gasteiger partial charge in [0.25, 0.3) is 0 Å². The van der Waals surface area contributed by atoms with Crippen LogP contribution in [0.4, 0.5) is 0 Å². The van der Waals surface area contributed by atoms with E-state index in [-0.39, 0.29) is 0 Å². The molecule has 1 aliphatic heterocycles. The molecule has 5 heteroatoms. The first-order valence-corrected chi connectivity index (χ1v) is 8.66. The zero-order valence-electron chi connectivity index (χ0n) is 11.9. The first-order chi connectivity index (χ1) is 10.3. The quantitative estimate of drug-likeness (QED) is 0.801. The summed E-state index contributed by atoms with van der Waals surface area (Å²) in [6.07, 6.45) is 1.12. The lowest BCUT2D eigenvalue weighted by Crippen LogP contribution is -2.25. The molecule has 0 aliphatic carbocycles. The molecule has 1 aromatic carbocycles. The van der Waals surface area contributed by atoms with Gasteiger partial charge in [-0.15, -0.1) is 22.9 Å². The topological polar surface area (TPSA) is 25.4 Å². The van der Waals surface area contributed by atoms with Gasteiger partial charge in [0.2, 0.25) is 0 Å². The van der Waals surface area contributed by atoms with Gasteiger partial charge in [-0.3, -0.25) is 4.90 Å². The molecular formula is C16H19ClN2OS. The monoisotopic (exact) mass is 322 g/mol. The lowest BCUT2D eigenvalue weighted by molar-refractivity contribution is 0.140. The molecule has 3 nitrogen and oxygen atoms in total. The fourth-order valence-electron chi connectivity index (χ4n) is 2.52. The third-order valence-corrected chi connectivity index (χ3v) is 4.80.